The Labute approximate surface area is 145 Å². The second kappa shape index (κ2) is 7.02. The standard InChI is InChI=1S/C17H21N5O3/c1-10(2)16(17-18-13-6-4-11(3)8-14(13)25-17)22-9-12(19-21-22)5-7-15(23)20-24/h4-6,8,10,16,24H,7,9H2,1-3H3,(H,20,23)/b12-5-. The Morgan fingerprint density at radius 1 is 1.48 bits per heavy atom. The average molecular weight is 343 g/mol. The molecule has 1 atom stereocenters. The highest BCUT2D eigenvalue weighted by molar-refractivity contribution is 5.76. The molecular weight excluding hydrogens is 322 g/mol. The van der Waals surface area contributed by atoms with Crippen LogP contribution in [0.3, 0.4) is 0 Å². The fourth-order valence-corrected chi connectivity index (χ4v) is 2.79. The molecule has 1 aliphatic rings. The van der Waals surface area contributed by atoms with Crippen LogP contribution in [0.4, 0.5) is 0 Å². The highest BCUT2D eigenvalue weighted by Crippen LogP contribution is 2.34. The van der Waals surface area contributed by atoms with Gasteiger partial charge in [0.2, 0.25) is 11.8 Å². The molecule has 1 amide bonds. The maximum atomic E-state index is 11.1. The van der Waals surface area contributed by atoms with Crippen molar-refractivity contribution in [1.82, 2.24) is 15.5 Å². The van der Waals surface area contributed by atoms with E-state index in [0.29, 0.717) is 18.1 Å². The molecule has 132 valence electrons. The van der Waals surface area contributed by atoms with Crippen molar-refractivity contribution in [1.29, 1.82) is 0 Å². The summed E-state index contributed by atoms with van der Waals surface area (Å²) in [5.41, 5.74) is 4.95. The van der Waals surface area contributed by atoms with Crippen molar-refractivity contribution in [3.63, 3.8) is 0 Å². The van der Waals surface area contributed by atoms with Gasteiger partial charge in [0.15, 0.2) is 5.58 Å². The quantitative estimate of drug-likeness (QED) is 0.640. The van der Waals surface area contributed by atoms with Crippen LogP contribution < -0.4 is 5.48 Å². The van der Waals surface area contributed by atoms with Gasteiger partial charge in [-0.25, -0.2) is 10.5 Å². The van der Waals surface area contributed by atoms with Gasteiger partial charge in [0.05, 0.1) is 12.2 Å². The number of nitrogens with one attached hydrogen (secondary N) is 1. The van der Waals surface area contributed by atoms with Crippen LogP contribution in [0.25, 0.3) is 11.1 Å². The van der Waals surface area contributed by atoms with Crippen LogP contribution in [0.5, 0.6) is 0 Å². The highest BCUT2D eigenvalue weighted by atomic mass is 16.5. The third-order valence-electron chi connectivity index (χ3n) is 4.03. The molecule has 1 aromatic heterocycles. The Hall–Kier alpha value is -2.74. The fourth-order valence-electron chi connectivity index (χ4n) is 2.79. The number of aromatic nitrogens is 1. The SMILES string of the molecule is Cc1ccc2nc(C(C(C)C)N3C/C(=C/CC(=O)NO)N=N3)oc2c1. The van der Waals surface area contributed by atoms with E-state index in [9.17, 15) is 4.79 Å². The summed E-state index contributed by atoms with van der Waals surface area (Å²) in [6.07, 6.45) is 1.69. The first-order chi connectivity index (χ1) is 12.0. The Kier molecular flexibility index (Phi) is 4.80. The van der Waals surface area contributed by atoms with E-state index in [2.05, 4.69) is 29.2 Å². The van der Waals surface area contributed by atoms with Gasteiger partial charge in [0.1, 0.15) is 11.6 Å². The molecule has 0 fully saturated rings. The van der Waals surface area contributed by atoms with E-state index >= 15 is 0 Å². The van der Waals surface area contributed by atoms with Crippen LogP contribution in [0.1, 0.15) is 37.8 Å². The zero-order valence-corrected chi connectivity index (χ0v) is 14.4. The van der Waals surface area contributed by atoms with Crippen molar-refractivity contribution < 1.29 is 14.4 Å². The summed E-state index contributed by atoms with van der Waals surface area (Å²) in [6, 6.07) is 5.75. The van der Waals surface area contributed by atoms with E-state index in [0.717, 1.165) is 16.7 Å². The molecule has 25 heavy (non-hydrogen) atoms. The minimum Gasteiger partial charge on any atom is -0.438 e. The van der Waals surface area contributed by atoms with Gasteiger partial charge >= 0.3 is 0 Å². The zero-order valence-electron chi connectivity index (χ0n) is 14.4. The van der Waals surface area contributed by atoms with E-state index in [1.54, 1.807) is 11.6 Å². The van der Waals surface area contributed by atoms with Crippen molar-refractivity contribution in [2.45, 2.75) is 33.2 Å². The third kappa shape index (κ3) is 3.69. The largest absolute Gasteiger partial charge is 0.438 e. The first kappa shape index (κ1) is 17.1. The second-order valence-corrected chi connectivity index (χ2v) is 6.43. The molecule has 0 bridgehead atoms. The number of hydrogen-bond acceptors (Lipinski definition) is 7. The number of carbonyl (C=O) groups is 1. The average Bonchev–Trinajstić information content (AvgIpc) is 3.19. The molecular formula is C17H21N5O3. The van der Waals surface area contributed by atoms with Crippen LogP contribution >= 0.6 is 0 Å². The van der Waals surface area contributed by atoms with E-state index in [1.165, 1.54) is 0 Å². The number of fused-ring (bicyclic) bond motifs is 1. The van der Waals surface area contributed by atoms with E-state index in [4.69, 9.17) is 9.62 Å². The topological polar surface area (TPSA) is 103 Å². The maximum absolute atomic E-state index is 11.1. The summed E-state index contributed by atoms with van der Waals surface area (Å²) in [4.78, 5) is 15.7. The molecule has 0 radical (unpaired) electrons. The number of carbonyl (C=O) groups excluding carboxylic acids is 1. The summed E-state index contributed by atoms with van der Waals surface area (Å²) in [6.45, 7) is 6.61. The monoisotopic (exact) mass is 343 g/mol. The molecule has 2 aromatic rings. The number of hydroxylamine groups is 1. The first-order valence-electron chi connectivity index (χ1n) is 8.15. The van der Waals surface area contributed by atoms with E-state index < -0.39 is 5.91 Å². The van der Waals surface area contributed by atoms with Gasteiger partial charge in [0, 0.05) is 6.42 Å². The highest BCUT2D eigenvalue weighted by Gasteiger charge is 2.31. The van der Waals surface area contributed by atoms with Crippen molar-refractivity contribution in [3.05, 3.63) is 41.4 Å². The molecule has 0 saturated heterocycles. The summed E-state index contributed by atoms with van der Waals surface area (Å²) in [5.74, 6) is 0.313. The van der Waals surface area contributed by atoms with Gasteiger partial charge in [-0.05, 0) is 36.6 Å². The van der Waals surface area contributed by atoms with Crippen molar-refractivity contribution in [2.75, 3.05) is 6.54 Å². The third-order valence-corrected chi connectivity index (χ3v) is 4.03. The molecule has 2 heterocycles. The number of rotatable bonds is 5. The number of hydrogen-bond donors (Lipinski definition) is 2. The number of nitrogens with zero attached hydrogens (tertiary/aromatic N) is 4. The van der Waals surface area contributed by atoms with Gasteiger partial charge in [-0.2, -0.15) is 0 Å². The first-order valence-corrected chi connectivity index (χ1v) is 8.15. The lowest BCUT2D eigenvalue weighted by Crippen LogP contribution is -2.26. The molecule has 0 spiro atoms. The van der Waals surface area contributed by atoms with Gasteiger partial charge in [-0.1, -0.05) is 25.1 Å². The second-order valence-electron chi connectivity index (χ2n) is 6.43. The summed E-state index contributed by atoms with van der Waals surface area (Å²) < 4.78 is 5.96. The van der Waals surface area contributed by atoms with Crippen LogP contribution in [0.2, 0.25) is 0 Å². The predicted molar refractivity (Wildman–Crippen MR) is 90.5 cm³/mol. The Morgan fingerprint density at radius 3 is 3.00 bits per heavy atom. The molecule has 8 heteroatoms. The minimum absolute atomic E-state index is 0.0488. The Balaban J connectivity index is 1.82. The molecule has 1 aromatic carbocycles. The molecule has 1 unspecified atom stereocenters. The zero-order chi connectivity index (χ0) is 18.0. The van der Waals surface area contributed by atoms with E-state index in [1.807, 2.05) is 30.1 Å². The van der Waals surface area contributed by atoms with Crippen LogP contribution in [0.15, 0.2) is 44.7 Å². The minimum atomic E-state index is -0.490. The summed E-state index contributed by atoms with van der Waals surface area (Å²) >= 11 is 0. The molecule has 3 rings (SSSR count). The lowest BCUT2D eigenvalue weighted by molar-refractivity contribution is -0.128. The molecule has 0 aliphatic carbocycles. The Bertz CT molecular complexity index is 840. The van der Waals surface area contributed by atoms with Crippen LogP contribution in [-0.2, 0) is 4.79 Å². The number of amides is 1. The van der Waals surface area contributed by atoms with Gasteiger partial charge in [-0.15, -0.1) is 5.11 Å². The van der Waals surface area contributed by atoms with E-state index in [-0.39, 0.29) is 18.4 Å². The smallest absolute Gasteiger partial charge is 0.247 e. The van der Waals surface area contributed by atoms with Crippen molar-refractivity contribution >= 4 is 17.0 Å². The number of oxazole rings is 1. The fraction of sp³-hybridized carbons (Fsp3) is 0.412. The van der Waals surface area contributed by atoms with Crippen LogP contribution in [0, 0.1) is 12.8 Å². The molecule has 2 N–H and O–H groups in total. The molecule has 1 aliphatic heterocycles. The van der Waals surface area contributed by atoms with Gasteiger partial charge in [-0.3, -0.25) is 15.0 Å². The predicted octanol–water partition coefficient (Wildman–Crippen LogP) is 3.30. The number of benzene rings is 1. The summed E-state index contributed by atoms with van der Waals surface area (Å²) in [5, 5.41) is 18.7. The number of aryl methyl sites for hydroxylation is 1. The lowest BCUT2D eigenvalue weighted by atomic mass is 10.0. The van der Waals surface area contributed by atoms with Gasteiger partial charge in [0.25, 0.3) is 0 Å². The normalized spacial score (nSPS) is 17.0. The maximum Gasteiger partial charge on any atom is 0.247 e. The molecule has 0 saturated carbocycles. The van der Waals surface area contributed by atoms with Crippen molar-refractivity contribution in [2.24, 2.45) is 16.3 Å². The Morgan fingerprint density at radius 2 is 2.28 bits per heavy atom. The lowest BCUT2D eigenvalue weighted by Gasteiger charge is -2.25. The van der Waals surface area contributed by atoms with Crippen molar-refractivity contribution in [3.8, 4) is 0 Å². The van der Waals surface area contributed by atoms with Gasteiger partial charge < -0.3 is 4.42 Å². The van der Waals surface area contributed by atoms with Crippen LogP contribution in [-0.4, -0.2) is 27.7 Å². The molecule has 8 nitrogen and oxygen atoms in total. The summed E-state index contributed by atoms with van der Waals surface area (Å²) in [7, 11) is 0.